The molecule has 7 heteroatoms. The molecule has 7 nitrogen and oxygen atoms in total. The second-order valence-electron chi connectivity index (χ2n) is 6.88. The Bertz CT molecular complexity index is 810. The lowest BCUT2D eigenvalue weighted by Crippen LogP contribution is -2.52. The third-order valence-corrected chi connectivity index (χ3v) is 4.79. The molecule has 1 aliphatic rings. The number of aromatic nitrogens is 2. The van der Waals surface area contributed by atoms with E-state index in [0.29, 0.717) is 37.5 Å². The van der Waals surface area contributed by atoms with Gasteiger partial charge < -0.3 is 15.0 Å². The molecule has 1 fully saturated rings. The van der Waals surface area contributed by atoms with Gasteiger partial charge in [0.05, 0.1) is 29.3 Å². The van der Waals surface area contributed by atoms with E-state index in [1.807, 2.05) is 31.2 Å². The SMILES string of the molecule is COCCNC(=O)C1(C)CCCN(C(=O)c2cnc3ccccc3n2)C1. The number of benzene rings is 1. The molecule has 0 radical (unpaired) electrons. The Balaban J connectivity index is 1.73. The van der Waals surface area contributed by atoms with Crippen molar-refractivity contribution in [1.29, 1.82) is 0 Å². The fourth-order valence-corrected chi connectivity index (χ4v) is 3.30. The van der Waals surface area contributed by atoms with Gasteiger partial charge in [0.25, 0.3) is 5.91 Å². The van der Waals surface area contributed by atoms with Gasteiger partial charge in [0.15, 0.2) is 0 Å². The zero-order chi connectivity index (χ0) is 18.6. The van der Waals surface area contributed by atoms with Crippen LogP contribution in [-0.4, -0.2) is 60.0 Å². The van der Waals surface area contributed by atoms with Crippen molar-refractivity contribution >= 4 is 22.8 Å². The number of hydrogen-bond acceptors (Lipinski definition) is 5. The van der Waals surface area contributed by atoms with E-state index in [1.165, 1.54) is 6.20 Å². The van der Waals surface area contributed by atoms with Gasteiger partial charge in [-0.2, -0.15) is 0 Å². The smallest absolute Gasteiger partial charge is 0.274 e. The highest BCUT2D eigenvalue weighted by Crippen LogP contribution is 2.30. The molecule has 1 unspecified atom stereocenters. The number of piperidine rings is 1. The van der Waals surface area contributed by atoms with Crippen molar-refractivity contribution in [2.75, 3.05) is 33.4 Å². The molecule has 2 amide bonds. The first-order valence-corrected chi connectivity index (χ1v) is 8.82. The number of nitrogens with one attached hydrogen (secondary N) is 1. The monoisotopic (exact) mass is 356 g/mol. The molecule has 2 heterocycles. The lowest BCUT2D eigenvalue weighted by atomic mass is 9.81. The number of para-hydroxylation sites is 2. The summed E-state index contributed by atoms with van der Waals surface area (Å²) in [5.41, 5.74) is 1.15. The number of likely N-dealkylation sites (tertiary alicyclic amines) is 1. The topological polar surface area (TPSA) is 84.4 Å². The van der Waals surface area contributed by atoms with E-state index >= 15 is 0 Å². The Hall–Kier alpha value is -2.54. The van der Waals surface area contributed by atoms with Gasteiger partial charge >= 0.3 is 0 Å². The molecule has 1 saturated heterocycles. The average Bonchev–Trinajstić information content (AvgIpc) is 2.67. The van der Waals surface area contributed by atoms with E-state index in [0.717, 1.165) is 18.4 Å². The minimum Gasteiger partial charge on any atom is -0.383 e. The maximum atomic E-state index is 12.9. The Morgan fingerprint density at radius 2 is 2.08 bits per heavy atom. The Morgan fingerprint density at radius 1 is 1.31 bits per heavy atom. The molecule has 1 aromatic heterocycles. The van der Waals surface area contributed by atoms with E-state index in [2.05, 4.69) is 15.3 Å². The molecular formula is C19H24N4O3. The highest BCUT2D eigenvalue weighted by Gasteiger charge is 2.39. The molecule has 1 aliphatic heterocycles. The zero-order valence-electron chi connectivity index (χ0n) is 15.2. The summed E-state index contributed by atoms with van der Waals surface area (Å²) in [6.45, 7) is 3.83. The van der Waals surface area contributed by atoms with Crippen LogP contribution in [0, 0.1) is 5.41 Å². The molecule has 3 rings (SSSR count). The molecule has 138 valence electrons. The Morgan fingerprint density at radius 3 is 2.85 bits per heavy atom. The number of nitrogens with zero attached hydrogens (tertiary/aromatic N) is 3. The first-order valence-electron chi connectivity index (χ1n) is 8.82. The number of methoxy groups -OCH3 is 1. The van der Waals surface area contributed by atoms with Gasteiger partial charge in [-0.15, -0.1) is 0 Å². The first kappa shape index (κ1) is 18.3. The zero-order valence-corrected chi connectivity index (χ0v) is 15.2. The molecular weight excluding hydrogens is 332 g/mol. The van der Waals surface area contributed by atoms with Crippen molar-refractivity contribution in [1.82, 2.24) is 20.2 Å². The first-order chi connectivity index (χ1) is 12.5. The van der Waals surface area contributed by atoms with Gasteiger partial charge in [-0.1, -0.05) is 12.1 Å². The standard InChI is InChI=1S/C19H24N4O3/c1-19(18(25)20-9-11-26-2)8-5-10-23(13-19)17(24)16-12-21-14-6-3-4-7-15(14)22-16/h3-4,6-7,12H,5,8-11,13H2,1-2H3,(H,20,25). The van der Waals surface area contributed by atoms with Crippen LogP contribution >= 0.6 is 0 Å². The van der Waals surface area contributed by atoms with E-state index in [1.54, 1.807) is 12.0 Å². The van der Waals surface area contributed by atoms with Crippen LogP contribution < -0.4 is 5.32 Å². The summed E-state index contributed by atoms with van der Waals surface area (Å²) in [5, 5.41) is 2.89. The molecule has 0 spiro atoms. The third-order valence-electron chi connectivity index (χ3n) is 4.79. The van der Waals surface area contributed by atoms with Crippen LogP contribution in [0.25, 0.3) is 11.0 Å². The molecule has 0 saturated carbocycles. The molecule has 1 atom stereocenters. The van der Waals surface area contributed by atoms with Gasteiger partial charge in [-0.3, -0.25) is 14.6 Å². The van der Waals surface area contributed by atoms with Gasteiger partial charge in [-0.05, 0) is 31.9 Å². The predicted octanol–water partition coefficient (Wildman–Crippen LogP) is 1.63. The highest BCUT2D eigenvalue weighted by atomic mass is 16.5. The van der Waals surface area contributed by atoms with Crippen LogP contribution in [0.5, 0.6) is 0 Å². The van der Waals surface area contributed by atoms with Gasteiger partial charge in [0.1, 0.15) is 5.69 Å². The molecule has 1 N–H and O–H groups in total. The second kappa shape index (κ2) is 7.78. The van der Waals surface area contributed by atoms with Crippen molar-refractivity contribution in [3.05, 3.63) is 36.2 Å². The van der Waals surface area contributed by atoms with Crippen LogP contribution in [0.15, 0.2) is 30.5 Å². The molecule has 1 aromatic carbocycles. The molecule has 0 bridgehead atoms. The van der Waals surface area contributed by atoms with Crippen LogP contribution in [0.3, 0.4) is 0 Å². The van der Waals surface area contributed by atoms with Crippen LogP contribution in [0.4, 0.5) is 0 Å². The number of carbonyl (C=O) groups excluding carboxylic acids is 2. The van der Waals surface area contributed by atoms with Crippen LogP contribution in [0.2, 0.25) is 0 Å². The largest absolute Gasteiger partial charge is 0.383 e. The summed E-state index contributed by atoms with van der Waals surface area (Å²) < 4.78 is 4.97. The maximum absolute atomic E-state index is 12.9. The van der Waals surface area contributed by atoms with Crippen LogP contribution in [-0.2, 0) is 9.53 Å². The number of rotatable bonds is 5. The molecule has 26 heavy (non-hydrogen) atoms. The maximum Gasteiger partial charge on any atom is 0.274 e. The van der Waals surface area contributed by atoms with Gasteiger partial charge in [0, 0.05) is 26.7 Å². The number of hydrogen-bond donors (Lipinski definition) is 1. The van der Waals surface area contributed by atoms with Crippen molar-refractivity contribution in [3.8, 4) is 0 Å². The molecule has 0 aliphatic carbocycles. The van der Waals surface area contributed by atoms with Crippen molar-refractivity contribution in [2.24, 2.45) is 5.41 Å². The van der Waals surface area contributed by atoms with Crippen molar-refractivity contribution < 1.29 is 14.3 Å². The Kier molecular flexibility index (Phi) is 5.46. The van der Waals surface area contributed by atoms with Crippen molar-refractivity contribution in [3.63, 3.8) is 0 Å². The van der Waals surface area contributed by atoms with E-state index in [-0.39, 0.29) is 11.8 Å². The number of amides is 2. The lowest BCUT2D eigenvalue weighted by Gasteiger charge is -2.39. The number of carbonyl (C=O) groups is 2. The summed E-state index contributed by atoms with van der Waals surface area (Å²) in [4.78, 5) is 35.9. The van der Waals surface area contributed by atoms with E-state index < -0.39 is 5.41 Å². The third kappa shape index (κ3) is 3.83. The van der Waals surface area contributed by atoms with Gasteiger partial charge in [-0.25, -0.2) is 4.98 Å². The average molecular weight is 356 g/mol. The summed E-state index contributed by atoms with van der Waals surface area (Å²) in [6.07, 6.45) is 3.04. The summed E-state index contributed by atoms with van der Waals surface area (Å²) >= 11 is 0. The summed E-state index contributed by atoms with van der Waals surface area (Å²) in [7, 11) is 1.60. The molecule has 2 aromatic rings. The summed E-state index contributed by atoms with van der Waals surface area (Å²) in [5.74, 6) is -0.226. The highest BCUT2D eigenvalue weighted by molar-refractivity contribution is 5.94. The summed E-state index contributed by atoms with van der Waals surface area (Å²) in [6, 6.07) is 7.45. The minimum absolute atomic E-state index is 0.0448. The van der Waals surface area contributed by atoms with Crippen LogP contribution in [0.1, 0.15) is 30.3 Å². The quantitative estimate of drug-likeness (QED) is 0.823. The lowest BCUT2D eigenvalue weighted by molar-refractivity contribution is -0.132. The minimum atomic E-state index is -0.605. The van der Waals surface area contributed by atoms with E-state index in [9.17, 15) is 9.59 Å². The van der Waals surface area contributed by atoms with E-state index in [4.69, 9.17) is 4.74 Å². The number of ether oxygens (including phenoxy) is 1. The normalized spacial score (nSPS) is 20.2. The Labute approximate surface area is 152 Å². The number of fused-ring (bicyclic) bond motifs is 1. The van der Waals surface area contributed by atoms with Gasteiger partial charge in [0.2, 0.25) is 5.91 Å². The van der Waals surface area contributed by atoms with Crippen molar-refractivity contribution in [2.45, 2.75) is 19.8 Å². The predicted molar refractivity (Wildman–Crippen MR) is 97.7 cm³/mol. The fourth-order valence-electron chi connectivity index (χ4n) is 3.30. The second-order valence-corrected chi connectivity index (χ2v) is 6.88. The fraction of sp³-hybridized carbons (Fsp3) is 0.474.